The van der Waals surface area contributed by atoms with Crippen molar-refractivity contribution in [1.29, 1.82) is 0 Å². The van der Waals surface area contributed by atoms with Gasteiger partial charge in [0.2, 0.25) is 0 Å². The minimum atomic E-state index is -0.502. The highest BCUT2D eigenvalue weighted by Gasteiger charge is 2.05. The molecule has 0 bridgehead atoms. The first-order valence-electron chi connectivity index (χ1n) is 7.89. The van der Waals surface area contributed by atoms with E-state index in [9.17, 15) is 9.59 Å². The number of hydrogen-bond acceptors (Lipinski definition) is 5. The Labute approximate surface area is 161 Å². The summed E-state index contributed by atoms with van der Waals surface area (Å²) in [7, 11) is 3.07. The monoisotopic (exact) mass is 390 g/mol. The summed E-state index contributed by atoms with van der Waals surface area (Å²) >= 11 is 5.76. The van der Waals surface area contributed by atoms with Crippen molar-refractivity contribution in [3.8, 4) is 17.2 Å². The summed E-state index contributed by atoms with van der Waals surface area (Å²) in [6.07, 6.45) is 2.86. The van der Waals surface area contributed by atoms with Crippen LogP contribution in [-0.4, -0.2) is 32.6 Å². The number of methoxy groups -OCH3 is 2. The van der Waals surface area contributed by atoms with Crippen LogP contribution in [0.25, 0.3) is 6.08 Å². The maximum absolute atomic E-state index is 11.8. The van der Waals surface area contributed by atoms with Crippen molar-refractivity contribution >= 4 is 29.5 Å². The van der Waals surface area contributed by atoms with Crippen molar-refractivity contribution in [3.05, 3.63) is 59.1 Å². The molecule has 0 unspecified atom stereocenters. The summed E-state index contributed by atoms with van der Waals surface area (Å²) in [6, 6.07) is 11.8. The zero-order valence-corrected chi connectivity index (χ0v) is 15.6. The summed E-state index contributed by atoms with van der Waals surface area (Å²) in [4.78, 5) is 23.5. The Hall–Kier alpha value is -3.19. The molecule has 0 saturated carbocycles. The predicted molar refractivity (Wildman–Crippen MR) is 102 cm³/mol. The smallest absolute Gasteiger partial charge is 0.276 e. The molecule has 0 aliphatic rings. The first-order chi connectivity index (χ1) is 13.0. The van der Waals surface area contributed by atoms with E-state index in [4.69, 9.17) is 25.8 Å². The van der Waals surface area contributed by atoms with Crippen molar-refractivity contribution in [2.75, 3.05) is 20.8 Å². The quantitative estimate of drug-likeness (QED) is 0.560. The molecule has 0 fully saturated rings. The van der Waals surface area contributed by atoms with Gasteiger partial charge in [-0.3, -0.25) is 20.4 Å². The number of halogens is 1. The number of carbonyl (C=O) groups is 2. The molecule has 0 atom stereocenters. The van der Waals surface area contributed by atoms with E-state index < -0.39 is 11.8 Å². The lowest BCUT2D eigenvalue weighted by Gasteiger charge is -2.08. The van der Waals surface area contributed by atoms with Gasteiger partial charge in [0, 0.05) is 11.1 Å². The van der Waals surface area contributed by atoms with E-state index in [1.807, 2.05) is 0 Å². The molecule has 2 rings (SSSR count). The summed E-state index contributed by atoms with van der Waals surface area (Å²) in [5.74, 6) is 0.636. The van der Waals surface area contributed by atoms with Gasteiger partial charge in [-0.05, 0) is 48.0 Å². The molecule has 7 nitrogen and oxygen atoms in total. The van der Waals surface area contributed by atoms with Gasteiger partial charge in [-0.2, -0.15) is 0 Å². The minimum absolute atomic E-state index is 0.249. The molecule has 0 aromatic heterocycles. The van der Waals surface area contributed by atoms with Crippen molar-refractivity contribution in [3.63, 3.8) is 0 Å². The molecule has 2 N–H and O–H groups in total. The minimum Gasteiger partial charge on any atom is -0.493 e. The number of carbonyl (C=O) groups excluding carboxylic acids is 2. The molecule has 2 aromatic carbocycles. The number of hydrogen-bond donors (Lipinski definition) is 2. The van der Waals surface area contributed by atoms with Gasteiger partial charge in [-0.1, -0.05) is 17.7 Å². The molecule has 2 amide bonds. The van der Waals surface area contributed by atoms with Gasteiger partial charge in [-0.25, -0.2) is 0 Å². The Balaban J connectivity index is 1.78. The highest BCUT2D eigenvalue weighted by atomic mass is 35.5. The van der Waals surface area contributed by atoms with Gasteiger partial charge >= 0.3 is 0 Å². The molecule has 0 radical (unpaired) electrons. The lowest BCUT2D eigenvalue weighted by atomic mass is 10.2. The van der Waals surface area contributed by atoms with Gasteiger partial charge in [0.1, 0.15) is 5.75 Å². The van der Waals surface area contributed by atoms with Crippen LogP contribution in [0.5, 0.6) is 17.2 Å². The zero-order valence-electron chi connectivity index (χ0n) is 14.8. The lowest BCUT2D eigenvalue weighted by molar-refractivity contribution is -0.128. The van der Waals surface area contributed by atoms with Crippen LogP contribution in [0.4, 0.5) is 0 Å². The lowest BCUT2D eigenvalue weighted by Crippen LogP contribution is -2.43. The van der Waals surface area contributed by atoms with Crippen molar-refractivity contribution in [2.45, 2.75) is 0 Å². The fraction of sp³-hybridized carbons (Fsp3) is 0.158. The maximum atomic E-state index is 11.8. The number of nitrogens with one attached hydrogen (secondary N) is 2. The molecule has 0 aliphatic heterocycles. The maximum Gasteiger partial charge on any atom is 0.276 e. The van der Waals surface area contributed by atoms with Gasteiger partial charge in [0.15, 0.2) is 18.1 Å². The second kappa shape index (κ2) is 10.1. The summed E-state index contributed by atoms with van der Waals surface area (Å²) in [5.41, 5.74) is 5.26. The van der Waals surface area contributed by atoms with E-state index in [1.165, 1.54) is 13.2 Å². The first-order valence-corrected chi connectivity index (χ1v) is 8.27. The van der Waals surface area contributed by atoms with Crippen LogP contribution in [0.15, 0.2) is 48.5 Å². The predicted octanol–water partition coefficient (Wildman–Crippen LogP) is 2.60. The van der Waals surface area contributed by atoms with Crippen LogP contribution in [0, 0.1) is 0 Å². The molecular weight excluding hydrogens is 372 g/mol. The molecular formula is C19H19ClN2O5. The number of ether oxygens (including phenoxy) is 3. The molecule has 0 saturated heterocycles. The molecule has 0 spiro atoms. The summed E-state index contributed by atoms with van der Waals surface area (Å²) in [6.45, 7) is -0.249. The van der Waals surface area contributed by atoms with E-state index in [2.05, 4.69) is 10.9 Å². The largest absolute Gasteiger partial charge is 0.493 e. The van der Waals surface area contributed by atoms with Gasteiger partial charge in [0.25, 0.3) is 11.8 Å². The Morgan fingerprint density at radius 1 is 1.00 bits per heavy atom. The highest BCUT2D eigenvalue weighted by Crippen LogP contribution is 2.27. The summed E-state index contributed by atoms with van der Waals surface area (Å²) in [5, 5.41) is 0.570. The van der Waals surface area contributed by atoms with Crippen molar-refractivity contribution in [2.24, 2.45) is 0 Å². The molecule has 8 heteroatoms. The average Bonchev–Trinajstić information content (AvgIpc) is 2.69. The third-order valence-corrected chi connectivity index (χ3v) is 3.60. The Kier molecular flexibility index (Phi) is 7.51. The van der Waals surface area contributed by atoms with Gasteiger partial charge in [-0.15, -0.1) is 0 Å². The molecule has 0 aliphatic carbocycles. The fourth-order valence-electron chi connectivity index (χ4n) is 2.02. The van der Waals surface area contributed by atoms with E-state index in [-0.39, 0.29) is 6.61 Å². The average molecular weight is 391 g/mol. The Bertz CT molecular complexity index is 821. The van der Waals surface area contributed by atoms with Gasteiger partial charge in [0.05, 0.1) is 14.2 Å². The number of rotatable bonds is 7. The van der Waals surface area contributed by atoms with E-state index in [0.29, 0.717) is 22.3 Å². The third kappa shape index (κ3) is 6.56. The SMILES string of the molecule is COc1ccc(/C=C/C(=O)NNC(=O)COc2ccc(Cl)cc2)cc1OC. The summed E-state index contributed by atoms with van der Waals surface area (Å²) < 4.78 is 15.6. The van der Waals surface area contributed by atoms with Crippen molar-refractivity contribution < 1.29 is 23.8 Å². The number of benzene rings is 2. The van der Waals surface area contributed by atoms with Gasteiger partial charge < -0.3 is 14.2 Å². The highest BCUT2D eigenvalue weighted by molar-refractivity contribution is 6.30. The normalized spacial score (nSPS) is 10.3. The zero-order chi connectivity index (χ0) is 19.6. The van der Waals surface area contributed by atoms with Crippen LogP contribution < -0.4 is 25.1 Å². The molecule has 27 heavy (non-hydrogen) atoms. The molecule has 142 valence electrons. The second-order valence-corrected chi connectivity index (χ2v) is 5.66. The van der Waals surface area contributed by atoms with E-state index in [0.717, 1.165) is 5.56 Å². The third-order valence-electron chi connectivity index (χ3n) is 3.34. The van der Waals surface area contributed by atoms with Crippen molar-refractivity contribution in [1.82, 2.24) is 10.9 Å². The van der Waals surface area contributed by atoms with Crippen LogP contribution in [0.2, 0.25) is 5.02 Å². The second-order valence-electron chi connectivity index (χ2n) is 5.23. The first kappa shape index (κ1) is 20.1. The Morgan fingerprint density at radius 2 is 1.70 bits per heavy atom. The van der Waals surface area contributed by atoms with Crippen LogP contribution in [-0.2, 0) is 9.59 Å². The standard InChI is InChI=1S/C19H19ClN2O5/c1-25-16-9-3-13(11-17(16)26-2)4-10-18(23)21-22-19(24)12-27-15-7-5-14(20)6-8-15/h3-11H,12H2,1-2H3,(H,21,23)(H,22,24)/b10-4+. The van der Waals surface area contributed by atoms with Crippen LogP contribution in [0.1, 0.15) is 5.56 Å². The number of amides is 2. The van der Waals surface area contributed by atoms with E-state index in [1.54, 1.807) is 55.7 Å². The van der Waals surface area contributed by atoms with Crippen LogP contribution in [0.3, 0.4) is 0 Å². The van der Waals surface area contributed by atoms with E-state index >= 15 is 0 Å². The molecule has 2 aromatic rings. The number of hydrazine groups is 1. The topological polar surface area (TPSA) is 85.9 Å². The van der Waals surface area contributed by atoms with Crippen LogP contribution >= 0.6 is 11.6 Å². The molecule has 0 heterocycles. The fourth-order valence-corrected chi connectivity index (χ4v) is 2.14. The Morgan fingerprint density at radius 3 is 2.37 bits per heavy atom.